The van der Waals surface area contributed by atoms with Gasteiger partial charge in [-0.25, -0.2) is 0 Å². The lowest BCUT2D eigenvalue weighted by molar-refractivity contribution is -0.180. The number of aliphatic hydroxyl groups is 1. The van der Waals surface area contributed by atoms with E-state index in [4.69, 9.17) is 23.7 Å². The highest BCUT2D eigenvalue weighted by molar-refractivity contribution is 14.1. The molecule has 0 radical (unpaired) electrons. The van der Waals surface area contributed by atoms with E-state index in [0.29, 0.717) is 40.3 Å². The van der Waals surface area contributed by atoms with Gasteiger partial charge in [-0.2, -0.15) is 0 Å². The summed E-state index contributed by atoms with van der Waals surface area (Å²) in [5.74, 6) is -4.53. The minimum atomic E-state index is -1.72. The van der Waals surface area contributed by atoms with E-state index in [1.807, 2.05) is 104 Å². The summed E-state index contributed by atoms with van der Waals surface area (Å²) in [6.45, 7) is 4.04. The Morgan fingerprint density at radius 2 is 1.50 bits per heavy atom. The summed E-state index contributed by atoms with van der Waals surface area (Å²) in [7, 11) is 3.96. The zero-order valence-corrected chi connectivity index (χ0v) is 45.5. The van der Waals surface area contributed by atoms with Crippen LogP contribution in [0.5, 0.6) is 11.5 Å². The summed E-state index contributed by atoms with van der Waals surface area (Å²) in [6, 6.07) is 33.2. The molecule has 18 heteroatoms. The smallest absolute Gasteiger partial charge is 0.325 e. The fourth-order valence-corrected chi connectivity index (χ4v) is 12.9. The highest BCUT2D eigenvalue weighted by Crippen LogP contribution is 2.65. The number of esters is 3. The highest BCUT2D eigenvalue weighted by atomic mass is 127. The molecule has 406 valence electrons. The number of cyclic esters (lactones) is 1. The number of piperazine rings is 1. The topological polar surface area (TPSA) is 203 Å². The number of carbonyl (C=O) groups is 6. The van der Waals surface area contributed by atoms with Crippen LogP contribution in [0.4, 0.5) is 5.69 Å². The summed E-state index contributed by atoms with van der Waals surface area (Å²) in [5, 5.41) is 15.4. The van der Waals surface area contributed by atoms with E-state index in [-0.39, 0.29) is 51.3 Å². The molecule has 0 unspecified atom stereocenters. The van der Waals surface area contributed by atoms with Crippen LogP contribution in [-0.4, -0.2) is 127 Å². The van der Waals surface area contributed by atoms with Gasteiger partial charge in [-0.05, 0) is 139 Å². The first kappa shape index (κ1) is 54.2. The number of aliphatic hydroxyl groups excluding tert-OH is 1. The predicted molar refractivity (Wildman–Crippen MR) is 295 cm³/mol. The summed E-state index contributed by atoms with van der Waals surface area (Å²) < 4.78 is 30.9. The van der Waals surface area contributed by atoms with Gasteiger partial charge >= 0.3 is 17.9 Å². The lowest BCUT2D eigenvalue weighted by Gasteiger charge is -2.46. The molecule has 5 aliphatic heterocycles. The first-order chi connectivity index (χ1) is 37.8. The molecule has 5 heterocycles. The average Bonchev–Trinajstić information content (AvgIpc) is 2.61. The van der Waals surface area contributed by atoms with E-state index in [9.17, 15) is 29.1 Å². The number of benzene rings is 5. The molecule has 3 N–H and O–H groups in total. The van der Waals surface area contributed by atoms with Crippen LogP contribution in [0.25, 0.3) is 0 Å². The first-order valence-corrected chi connectivity index (χ1v) is 27.4. The largest absolute Gasteiger partial charge is 0.491 e. The molecule has 5 aromatic carbocycles. The number of anilines is 1. The molecule has 0 bridgehead atoms. The molecule has 5 aliphatic rings. The van der Waals surface area contributed by atoms with Gasteiger partial charge in [-0.15, -0.1) is 0 Å². The second-order valence-corrected chi connectivity index (χ2v) is 21.7. The lowest BCUT2D eigenvalue weighted by atomic mass is 9.65. The van der Waals surface area contributed by atoms with Gasteiger partial charge in [-0.1, -0.05) is 97.6 Å². The van der Waals surface area contributed by atoms with Gasteiger partial charge in [0.15, 0.2) is 0 Å². The van der Waals surface area contributed by atoms with Crippen molar-refractivity contribution in [3.05, 3.63) is 171 Å². The van der Waals surface area contributed by atoms with Gasteiger partial charge in [0, 0.05) is 9.26 Å². The summed E-state index contributed by atoms with van der Waals surface area (Å²) >= 11 is 2.18. The summed E-state index contributed by atoms with van der Waals surface area (Å²) in [6.07, 6.45) is 2.65. The van der Waals surface area contributed by atoms with Gasteiger partial charge in [0.2, 0.25) is 17.7 Å². The van der Waals surface area contributed by atoms with Crippen LogP contribution in [0.2, 0.25) is 0 Å². The maximum atomic E-state index is 15.3. The third-order valence-corrected chi connectivity index (χ3v) is 16.2. The third-order valence-electron chi connectivity index (χ3n) is 15.5. The van der Waals surface area contributed by atoms with Gasteiger partial charge in [-0.3, -0.25) is 33.7 Å². The predicted octanol–water partition coefficient (Wildman–Crippen LogP) is 6.77. The van der Waals surface area contributed by atoms with Crippen LogP contribution in [-0.2, 0) is 48.4 Å². The molecule has 10 atom stereocenters. The molecule has 78 heavy (non-hydrogen) atoms. The highest BCUT2D eigenvalue weighted by Gasteiger charge is 2.74. The van der Waals surface area contributed by atoms with Crippen molar-refractivity contribution < 1.29 is 57.6 Å². The Labute approximate surface area is 466 Å². The number of nitrogens with zero attached hydrogens (tertiary/aromatic N) is 3. The molecular weight excluding hydrogens is 1110 g/mol. The number of hydrogen-bond donors (Lipinski definition) is 3. The third kappa shape index (κ3) is 10.3. The van der Waals surface area contributed by atoms with Crippen LogP contribution in [0.3, 0.4) is 0 Å². The fraction of sp³-hybridized carbons (Fsp3) is 0.367. The van der Waals surface area contributed by atoms with Crippen molar-refractivity contribution in [2.45, 2.75) is 73.5 Å². The minimum Gasteiger partial charge on any atom is -0.491 e. The SMILES string of the molecule is C=CCOC(=O)[C@@H]1[C@H]2C(=O)O[C@H](c3ccccc3)[C@H](c3ccccc3)N2[C@H](c2ccc(OCCOC(=O)[C@@H]3C[C@@H]4C(=O)N[C@@H](CCCCN(C)C)C(=O)N4[C@@H]3c3cccc(OCCO)c3)cc2)[C@@]12C(=O)Nc1ccc(I)cc12. The second kappa shape index (κ2) is 23.5. The zero-order valence-electron chi connectivity index (χ0n) is 43.3. The summed E-state index contributed by atoms with van der Waals surface area (Å²) in [5.41, 5.74) is 2.06. The van der Waals surface area contributed by atoms with Crippen molar-refractivity contribution >= 4 is 63.9 Å². The zero-order chi connectivity index (χ0) is 54.7. The Morgan fingerprint density at radius 3 is 2.22 bits per heavy atom. The Morgan fingerprint density at radius 1 is 0.782 bits per heavy atom. The molecule has 3 amide bonds. The average molecular weight is 1170 g/mol. The second-order valence-electron chi connectivity index (χ2n) is 20.5. The monoisotopic (exact) mass is 1170 g/mol. The van der Waals surface area contributed by atoms with E-state index >= 15 is 4.79 Å². The van der Waals surface area contributed by atoms with Crippen molar-refractivity contribution in [1.29, 1.82) is 0 Å². The molecule has 0 aromatic heterocycles. The molecular formula is C60H62IN5O12. The number of halogens is 1. The number of fused-ring (bicyclic) bond motifs is 4. The Balaban J connectivity index is 0.939. The van der Waals surface area contributed by atoms with E-state index in [2.05, 4.69) is 44.7 Å². The first-order valence-electron chi connectivity index (χ1n) is 26.3. The van der Waals surface area contributed by atoms with Gasteiger partial charge in [0.25, 0.3) is 0 Å². The number of unbranched alkanes of at least 4 members (excludes halogenated alkanes) is 1. The quantitative estimate of drug-likeness (QED) is 0.0242. The van der Waals surface area contributed by atoms with E-state index < -0.39 is 83.4 Å². The van der Waals surface area contributed by atoms with Crippen LogP contribution in [0, 0.1) is 15.4 Å². The Kier molecular flexibility index (Phi) is 16.3. The molecule has 17 nitrogen and oxygen atoms in total. The van der Waals surface area contributed by atoms with Crippen molar-refractivity contribution in [2.75, 3.05) is 59.0 Å². The molecule has 1 spiro atoms. The number of nitrogens with one attached hydrogen (secondary N) is 2. The van der Waals surface area contributed by atoms with Gasteiger partial charge < -0.3 is 49.2 Å². The number of carbonyl (C=O) groups excluding carboxylic acids is 6. The standard InChI is InChI=1S/C60H62IN5O12/c1-4-29-76-57(71)48-51-58(72)78-52(37-16-9-6-10-17-37)50(36-14-7-5-8-15-36)66(51)53(60(48)44-34-40(61)23-26-45(44)63-59(60)73)38-21-24-41(25-22-38)75-31-32-77-56(70)43-35-47-54(68)62-46(20-11-12-27-64(2)3)55(69)65(47)49(43)39-18-13-19-42(33-39)74-30-28-67/h4-10,13-19,21-26,33-34,43,46-53,67H,1,11-12,20,27-32,35H2,2-3H3,(H,62,68)(H,63,73)/t43-,46+,47-,48+,49-,50+,51+,52-,53-,60+/m1/s1. The van der Waals surface area contributed by atoms with Crippen molar-refractivity contribution in [2.24, 2.45) is 11.8 Å². The van der Waals surface area contributed by atoms with Crippen LogP contribution < -0.4 is 20.1 Å². The molecule has 0 saturated carbocycles. The van der Waals surface area contributed by atoms with Crippen LogP contribution >= 0.6 is 22.6 Å². The van der Waals surface area contributed by atoms with Gasteiger partial charge in [0.1, 0.15) is 73.5 Å². The van der Waals surface area contributed by atoms with Crippen molar-refractivity contribution in [1.82, 2.24) is 20.0 Å². The van der Waals surface area contributed by atoms with E-state index in [1.165, 1.54) is 6.08 Å². The molecule has 0 aliphatic carbocycles. The summed E-state index contributed by atoms with van der Waals surface area (Å²) in [4.78, 5) is 92.9. The minimum absolute atomic E-state index is 0.0441. The van der Waals surface area contributed by atoms with E-state index in [0.717, 1.165) is 34.1 Å². The number of ether oxygens (including phenoxy) is 5. The molecule has 4 saturated heterocycles. The van der Waals surface area contributed by atoms with Crippen LogP contribution in [0.15, 0.2) is 140 Å². The molecule has 5 aromatic rings. The molecule has 4 fully saturated rings. The lowest BCUT2D eigenvalue weighted by Crippen LogP contribution is -2.61. The number of amides is 3. The fourth-order valence-electron chi connectivity index (χ4n) is 12.4. The normalized spacial score (nSPS) is 26.1. The number of hydrogen-bond acceptors (Lipinski definition) is 14. The van der Waals surface area contributed by atoms with Crippen molar-refractivity contribution in [3.63, 3.8) is 0 Å². The maximum Gasteiger partial charge on any atom is 0.325 e. The Hall–Kier alpha value is -7.13. The molecule has 10 rings (SSSR count). The van der Waals surface area contributed by atoms with Gasteiger partial charge in [0.05, 0.1) is 30.7 Å². The number of rotatable bonds is 20. The maximum absolute atomic E-state index is 15.3. The van der Waals surface area contributed by atoms with Crippen LogP contribution in [0.1, 0.15) is 77.7 Å². The Bertz CT molecular complexity index is 3050. The van der Waals surface area contributed by atoms with Crippen molar-refractivity contribution in [3.8, 4) is 11.5 Å². The number of morpholine rings is 1. The van der Waals surface area contributed by atoms with E-state index in [1.54, 1.807) is 47.4 Å².